The molecule has 0 saturated carbocycles. The predicted octanol–water partition coefficient (Wildman–Crippen LogP) is 2.16. The fraction of sp³-hybridized carbons (Fsp3) is 0.188. The highest BCUT2D eigenvalue weighted by Gasteiger charge is 2.06. The summed E-state index contributed by atoms with van der Waals surface area (Å²) in [5.41, 5.74) is 1.95. The fourth-order valence-corrected chi connectivity index (χ4v) is 2.28. The molecule has 0 aromatic heterocycles. The number of methoxy groups -OCH3 is 1. The number of quaternary nitrogens is 1. The molecule has 0 aliphatic carbocycles. The number of nitrogens with two attached hydrogens (primary N) is 1. The second-order valence-corrected chi connectivity index (χ2v) is 5.43. The molecule has 0 bridgehead atoms. The van der Waals surface area contributed by atoms with Crippen molar-refractivity contribution in [2.75, 3.05) is 19.0 Å². The molecule has 0 fully saturated rings. The predicted molar refractivity (Wildman–Crippen MR) is 86.3 cm³/mol. The highest BCUT2D eigenvalue weighted by molar-refractivity contribution is 9.10. The number of para-hydroxylation sites is 1. The molecule has 0 saturated heterocycles. The maximum Gasteiger partial charge on any atom is 0.279 e. The van der Waals surface area contributed by atoms with E-state index in [1.807, 2.05) is 53.8 Å². The van der Waals surface area contributed by atoms with Crippen LogP contribution in [0.1, 0.15) is 5.56 Å². The van der Waals surface area contributed by atoms with Crippen molar-refractivity contribution in [2.45, 2.75) is 6.54 Å². The van der Waals surface area contributed by atoms with Gasteiger partial charge in [0.25, 0.3) is 5.91 Å². The standard InChI is InChI=1S/C16H17BrN2O2/c1-21-13-8-6-12(7-9-13)10-18-11-16(20)19-15-5-3-2-4-14(15)17/h2-9,18H,10-11H2,1H3,(H,19,20)/p+1. The van der Waals surface area contributed by atoms with Gasteiger partial charge in [-0.1, -0.05) is 12.1 Å². The van der Waals surface area contributed by atoms with Gasteiger partial charge in [0.1, 0.15) is 12.3 Å². The van der Waals surface area contributed by atoms with Crippen LogP contribution >= 0.6 is 15.9 Å². The van der Waals surface area contributed by atoms with Gasteiger partial charge in [0.05, 0.1) is 12.8 Å². The van der Waals surface area contributed by atoms with Crippen molar-refractivity contribution in [1.29, 1.82) is 0 Å². The number of carbonyl (C=O) groups is 1. The topological polar surface area (TPSA) is 54.9 Å². The van der Waals surface area contributed by atoms with E-state index >= 15 is 0 Å². The van der Waals surface area contributed by atoms with E-state index in [9.17, 15) is 4.79 Å². The van der Waals surface area contributed by atoms with Crippen molar-refractivity contribution in [3.05, 3.63) is 58.6 Å². The van der Waals surface area contributed by atoms with Crippen molar-refractivity contribution in [3.63, 3.8) is 0 Å². The molecule has 1 amide bonds. The van der Waals surface area contributed by atoms with Crippen LogP contribution in [0.25, 0.3) is 0 Å². The number of carbonyl (C=O) groups excluding carboxylic acids is 1. The zero-order valence-corrected chi connectivity index (χ0v) is 13.4. The molecular weight excluding hydrogens is 332 g/mol. The summed E-state index contributed by atoms with van der Waals surface area (Å²) in [6.45, 7) is 1.14. The van der Waals surface area contributed by atoms with E-state index in [0.29, 0.717) is 6.54 Å². The van der Waals surface area contributed by atoms with E-state index < -0.39 is 0 Å². The van der Waals surface area contributed by atoms with Crippen LogP contribution in [0.4, 0.5) is 5.69 Å². The van der Waals surface area contributed by atoms with Crippen molar-refractivity contribution < 1.29 is 14.8 Å². The zero-order valence-electron chi connectivity index (χ0n) is 11.8. The number of benzene rings is 2. The van der Waals surface area contributed by atoms with Crippen LogP contribution in [0.3, 0.4) is 0 Å². The molecule has 0 spiro atoms. The molecule has 3 N–H and O–H groups in total. The van der Waals surface area contributed by atoms with E-state index in [2.05, 4.69) is 21.2 Å². The first-order valence-electron chi connectivity index (χ1n) is 6.68. The Labute approximate surface area is 132 Å². The van der Waals surface area contributed by atoms with Crippen molar-refractivity contribution in [3.8, 4) is 5.75 Å². The Kier molecular flexibility index (Phi) is 5.78. The first-order chi connectivity index (χ1) is 10.2. The molecular formula is C16H18BrN2O2+. The highest BCUT2D eigenvalue weighted by atomic mass is 79.9. The SMILES string of the molecule is COc1ccc(C[NH2+]CC(=O)Nc2ccccc2Br)cc1. The Hall–Kier alpha value is -1.85. The minimum Gasteiger partial charge on any atom is -0.497 e. The van der Waals surface area contributed by atoms with Crippen molar-refractivity contribution in [1.82, 2.24) is 0 Å². The van der Waals surface area contributed by atoms with Crippen molar-refractivity contribution >= 4 is 27.5 Å². The summed E-state index contributed by atoms with van der Waals surface area (Å²) in [7, 11) is 1.65. The Balaban J connectivity index is 1.77. The highest BCUT2D eigenvalue weighted by Crippen LogP contribution is 2.20. The van der Waals surface area contributed by atoms with E-state index in [1.54, 1.807) is 7.11 Å². The van der Waals surface area contributed by atoms with Gasteiger partial charge in [-0.3, -0.25) is 4.79 Å². The Morgan fingerprint density at radius 1 is 1.19 bits per heavy atom. The average Bonchev–Trinajstić information content (AvgIpc) is 2.50. The molecule has 0 aliphatic rings. The Morgan fingerprint density at radius 2 is 1.90 bits per heavy atom. The van der Waals surface area contributed by atoms with Gasteiger partial charge in [-0.25, -0.2) is 0 Å². The first-order valence-corrected chi connectivity index (χ1v) is 7.47. The molecule has 0 radical (unpaired) electrons. The largest absolute Gasteiger partial charge is 0.497 e. The number of rotatable bonds is 6. The normalized spacial score (nSPS) is 10.2. The number of halogens is 1. The van der Waals surface area contributed by atoms with Gasteiger partial charge >= 0.3 is 0 Å². The lowest BCUT2D eigenvalue weighted by atomic mass is 10.2. The minimum absolute atomic E-state index is 0.0181. The van der Waals surface area contributed by atoms with Crippen LogP contribution < -0.4 is 15.4 Å². The van der Waals surface area contributed by atoms with Crippen LogP contribution in [0, 0.1) is 0 Å². The molecule has 0 atom stereocenters. The molecule has 2 aromatic carbocycles. The lowest BCUT2D eigenvalue weighted by molar-refractivity contribution is -0.659. The molecule has 0 unspecified atom stereocenters. The van der Waals surface area contributed by atoms with Gasteiger partial charge in [0.2, 0.25) is 0 Å². The molecule has 5 heteroatoms. The zero-order chi connectivity index (χ0) is 15.1. The lowest BCUT2D eigenvalue weighted by Gasteiger charge is -2.07. The molecule has 21 heavy (non-hydrogen) atoms. The number of nitrogens with one attached hydrogen (secondary N) is 1. The molecule has 4 nitrogen and oxygen atoms in total. The fourth-order valence-electron chi connectivity index (χ4n) is 1.90. The quantitative estimate of drug-likeness (QED) is 0.839. The summed E-state index contributed by atoms with van der Waals surface area (Å²) in [4.78, 5) is 11.9. The third-order valence-corrected chi connectivity index (χ3v) is 3.71. The third-order valence-electron chi connectivity index (χ3n) is 3.02. The van der Waals surface area contributed by atoms with Gasteiger partial charge in [-0.2, -0.15) is 0 Å². The Bertz CT molecular complexity index is 599. The maximum atomic E-state index is 11.9. The molecule has 110 valence electrons. The summed E-state index contributed by atoms with van der Waals surface area (Å²) in [6, 6.07) is 15.4. The van der Waals surface area contributed by atoms with Crippen LogP contribution in [0.2, 0.25) is 0 Å². The second kappa shape index (κ2) is 7.81. The molecule has 0 heterocycles. The number of hydrogen-bond donors (Lipinski definition) is 2. The van der Waals surface area contributed by atoms with E-state index in [0.717, 1.165) is 28.0 Å². The van der Waals surface area contributed by atoms with Crippen LogP contribution in [0.5, 0.6) is 5.75 Å². The molecule has 2 rings (SSSR count). The van der Waals surface area contributed by atoms with Gasteiger partial charge in [-0.05, 0) is 52.3 Å². The van der Waals surface area contributed by atoms with Crippen LogP contribution in [-0.4, -0.2) is 19.6 Å². The van der Waals surface area contributed by atoms with E-state index in [-0.39, 0.29) is 5.91 Å². The van der Waals surface area contributed by atoms with Gasteiger partial charge in [-0.15, -0.1) is 0 Å². The second-order valence-electron chi connectivity index (χ2n) is 4.57. The monoisotopic (exact) mass is 349 g/mol. The van der Waals surface area contributed by atoms with Crippen LogP contribution in [0.15, 0.2) is 53.0 Å². The maximum absolute atomic E-state index is 11.9. The summed E-state index contributed by atoms with van der Waals surface area (Å²) in [5.74, 6) is 0.820. The lowest BCUT2D eigenvalue weighted by Crippen LogP contribution is -2.84. The average molecular weight is 350 g/mol. The number of anilines is 1. The smallest absolute Gasteiger partial charge is 0.279 e. The van der Waals surface area contributed by atoms with Crippen LogP contribution in [-0.2, 0) is 11.3 Å². The van der Waals surface area contributed by atoms with Crippen molar-refractivity contribution in [2.24, 2.45) is 0 Å². The number of ether oxygens (including phenoxy) is 1. The summed E-state index contributed by atoms with van der Waals surface area (Å²) in [6.07, 6.45) is 0. The van der Waals surface area contributed by atoms with Gasteiger partial charge < -0.3 is 15.4 Å². The summed E-state index contributed by atoms with van der Waals surface area (Å²) >= 11 is 3.41. The van der Waals surface area contributed by atoms with E-state index in [1.165, 1.54) is 0 Å². The summed E-state index contributed by atoms with van der Waals surface area (Å²) in [5, 5.41) is 4.84. The Morgan fingerprint density at radius 3 is 2.57 bits per heavy atom. The number of amides is 1. The minimum atomic E-state index is -0.0181. The van der Waals surface area contributed by atoms with E-state index in [4.69, 9.17) is 4.74 Å². The third kappa shape index (κ3) is 4.88. The van der Waals surface area contributed by atoms with Gasteiger partial charge in [0.15, 0.2) is 6.54 Å². The van der Waals surface area contributed by atoms with Gasteiger partial charge in [0, 0.05) is 10.0 Å². The number of hydrogen-bond acceptors (Lipinski definition) is 2. The molecule has 2 aromatic rings. The molecule has 0 aliphatic heterocycles. The summed E-state index contributed by atoms with van der Waals surface area (Å²) < 4.78 is 5.99. The first kappa shape index (κ1) is 15.5.